The van der Waals surface area contributed by atoms with Gasteiger partial charge in [-0.25, -0.2) is 4.79 Å². The monoisotopic (exact) mass is 271 g/mol. The fourth-order valence-electron chi connectivity index (χ4n) is 1.89. The predicted molar refractivity (Wildman–Crippen MR) is 72.3 cm³/mol. The van der Waals surface area contributed by atoms with Crippen molar-refractivity contribution in [3.8, 4) is 0 Å². The highest BCUT2D eigenvalue weighted by molar-refractivity contribution is 6.03. The van der Waals surface area contributed by atoms with Gasteiger partial charge in [0.25, 0.3) is 0 Å². The van der Waals surface area contributed by atoms with Crippen molar-refractivity contribution in [3.63, 3.8) is 0 Å². The number of amides is 1. The van der Waals surface area contributed by atoms with Crippen LogP contribution in [-0.4, -0.2) is 22.1 Å². The first-order valence-electron chi connectivity index (χ1n) is 5.93. The Labute approximate surface area is 115 Å². The Morgan fingerprint density at radius 3 is 1.90 bits per heavy atom. The summed E-state index contributed by atoms with van der Waals surface area (Å²) in [6.45, 7) is 0. The molecule has 0 spiro atoms. The lowest BCUT2D eigenvalue weighted by atomic mass is 9.93. The zero-order valence-electron chi connectivity index (χ0n) is 10.5. The van der Waals surface area contributed by atoms with Crippen molar-refractivity contribution in [1.29, 1.82) is 0 Å². The van der Waals surface area contributed by atoms with Crippen molar-refractivity contribution in [2.45, 2.75) is 5.72 Å². The van der Waals surface area contributed by atoms with Crippen molar-refractivity contribution in [2.24, 2.45) is 0 Å². The first-order chi connectivity index (χ1) is 9.54. The Hall–Kier alpha value is -2.66. The molecule has 0 aromatic heterocycles. The van der Waals surface area contributed by atoms with E-state index in [2.05, 4.69) is 0 Å². The molecule has 0 aliphatic rings. The highest BCUT2D eigenvalue weighted by atomic mass is 16.4. The number of carbonyl (C=O) groups is 2. The molecule has 20 heavy (non-hydrogen) atoms. The number of aliphatic hydroxyl groups is 1. The van der Waals surface area contributed by atoms with Crippen LogP contribution in [0.4, 0.5) is 4.79 Å². The molecule has 1 atom stereocenters. The second-order valence-corrected chi connectivity index (χ2v) is 4.20. The van der Waals surface area contributed by atoms with E-state index in [0.29, 0.717) is 0 Å². The molecule has 5 nitrogen and oxygen atoms in total. The van der Waals surface area contributed by atoms with E-state index in [1.165, 1.54) is 24.3 Å². The molecule has 2 aromatic rings. The molecule has 0 saturated heterocycles. The van der Waals surface area contributed by atoms with Gasteiger partial charge in [-0.1, -0.05) is 60.7 Å². The Bertz CT molecular complexity index is 612. The quantitative estimate of drug-likeness (QED) is 0.586. The largest absolute Gasteiger partial charge is 0.465 e. The second-order valence-electron chi connectivity index (χ2n) is 4.20. The Morgan fingerprint density at radius 1 is 0.900 bits per heavy atom. The molecular weight excluding hydrogens is 258 g/mol. The van der Waals surface area contributed by atoms with E-state index in [0.717, 1.165) is 0 Å². The number of hydrogen-bond acceptors (Lipinski definition) is 3. The highest BCUT2D eigenvalue weighted by Gasteiger charge is 2.40. The van der Waals surface area contributed by atoms with Gasteiger partial charge in [0.2, 0.25) is 11.5 Å². The molecule has 0 radical (unpaired) electrons. The molecule has 2 rings (SSSR count). The third-order valence-corrected chi connectivity index (χ3v) is 2.84. The summed E-state index contributed by atoms with van der Waals surface area (Å²) in [5.41, 5.74) is -1.93. The van der Waals surface area contributed by atoms with E-state index in [4.69, 9.17) is 5.11 Å². The van der Waals surface area contributed by atoms with Crippen LogP contribution in [0.25, 0.3) is 0 Å². The molecule has 0 aliphatic carbocycles. The van der Waals surface area contributed by atoms with Gasteiger partial charge in [-0.15, -0.1) is 0 Å². The van der Waals surface area contributed by atoms with Crippen LogP contribution in [0.3, 0.4) is 0 Å². The Kier molecular flexibility index (Phi) is 3.81. The number of nitrogens with one attached hydrogen (secondary N) is 1. The van der Waals surface area contributed by atoms with Crippen LogP contribution in [0.2, 0.25) is 0 Å². The standard InChI is InChI=1S/C15H13NO4/c17-13(11-7-3-1-4-8-11)15(20,16-14(18)19)12-9-5-2-6-10-12/h1-10,16,20H,(H,18,19). The summed E-state index contributed by atoms with van der Waals surface area (Å²) >= 11 is 0. The summed E-state index contributed by atoms with van der Waals surface area (Å²) in [6.07, 6.45) is -1.49. The number of carbonyl (C=O) groups excluding carboxylic acids is 1. The molecule has 0 fully saturated rings. The molecule has 0 bridgehead atoms. The van der Waals surface area contributed by atoms with E-state index in [-0.39, 0.29) is 11.1 Å². The minimum absolute atomic E-state index is 0.163. The summed E-state index contributed by atoms with van der Waals surface area (Å²) in [4.78, 5) is 23.3. The van der Waals surface area contributed by atoms with Crippen molar-refractivity contribution < 1.29 is 19.8 Å². The van der Waals surface area contributed by atoms with Gasteiger partial charge < -0.3 is 10.2 Å². The Morgan fingerprint density at radius 2 is 1.40 bits per heavy atom. The number of benzene rings is 2. The number of carboxylic acid groups (broad SMARTS) is 1. The van der Waals surface area contributed by atoms with Gasteiger partial charge in [0.1, 0.15) is 0 Å². The lowest BCUT2D eigenvalue weighted by molar-refractivity contribution is 0.0118. The lowest BCUT2D eigenvalue weighted by Gasteiger charge is -2.26. The average Bonchev–Trinajstić information content (AvgIpc) is 2.47. The van der Waals surface area contributed by atoms with Gasteiger partial charge in [-0.3, -0.25) is 10.1 Å². The molecule has 0 heterocycles. The zero-order valence-corrected chi connectivity index (χ0v) is 10.5. The van der Waals surface area contributed by atoms with Crippen LogP contribution >= 0.6 is 0 Å². The molecule has 102 valence electrons. The maximum absolute atomic E-state index is 12.4. The van der Waals surface area contributed by atoms with Gasteiger partial charge in [0.15, 0.2) is 0 Å². The molecule has 0 aliphatic heterocycles. The van der Waals surface area contributed by atoms with E-state index in [1.54, 1.807) is 36.4 Å². The summed E-state index contributed by atoms with van der Waals surface area (Å²) < 4.78 is 0. The molecule has 0 saturated carbocycles. The molecular formula is C15H13NO4. The first kappa shape index (κ1) is 13.8. The fraction of sp³-hybridized carbons (Fsp3) is 0.0667. The summed E-state index contributed by atoms with van der Waals surface area (Å²) in [5.74, 6) is -0.730. The van der Waals surface area contributed by atoms with Crippen molar-refractivity contribution in [1.82, 2.24) is 5.32 Å². The topological polar surface area (TPSA) is 86.6 Å². The number of Topliss-reactive ketones (excluding diaryl/α,β-unsaturated/α-hetero) is 1. The molecule has 1 amide bonds. The van der Waals surface area contributed by atoms with Gasteiger partial charge in [-0.2, -0.15) is 0 Å². The number of rotatable bonds is 4. The first-order valence-corrected chi connectivity index (χ1v) is 5.93. The SMILES string of the molecule is O=C(O)NC(O)(C(=O)c1ccccc1)c1ccccc1. The smallest absolute Gasteiger partial charge is 0.407 e. The van der Waals surface area contributed by atoms with E-state index >= 15 is 0 Å². The molecule has 3 N–H and O–H groups in total. The van der Waals surface area contributed by atoms with E-state index < -0.39 is 17.6 Å². The summed E-state index contributed by atoms with van der Waals surface area (Å²) in [5, 5.41) is 21.3. The van der Waals surface area contributed by atoms with Gasteiger partial charge in [-0.05, 0) is 0 Å². The summed E-state index contributed by atoms with van der Waals surface area (Å²) in [7, 11) is 0. The maximum Gasteiger partial charge on any atom is 0.407 e. The van der Waals surface area contributed by atoms with Crippen LogP contribution in [0.5, 0.6) is 0 Å². The fourth-order valence-corrected chi connectivity index (χ4v) is 1.89. The van der Waals surface area contributed by atoms with E-state index in [9.17, 15) is 14.7 Å². The maximum atomic E-state index is 12.4. The normalized spacial score (nSPS) is 13.2. The average molecular weight is 271 g/mol. The van der Waals surface area contributed by atoms with Crippen molar-refractivity contribution in [3.05, 3.63) is 71.8 Å². The minimum atomic E-state index is -2.31. The molecule has 5 heteroatoms. The van der Waals surface area contributed by atoms with Crippen molar-refractivity contribution in [2.75, 3.05) is 0 Å². The van der Waals surface area contributed by atoms with Crippen molar-refractivity contribution >= 4 is 11.9 Å². The van der Waals surface area contributed by atoms with Crippen LogP contribution in [0, 0.1) is 0 Å². The highest BCUT2D eigenvalue weighted by Crippen LogP contribution is 2.23. The van der Waals surface area contributed by atoms with Crippen LogP contribution in [-0.2, 0) is 5.72 Å². The number of ketones is 1. The lowest BCUT2D eigenvalue weighted by Crippen LogP contribution is -2.51. The third kappa shape index (κ3) is 2.67. The predicted octanol–water partition coefficient (Wildman–Crippen LogP) is 1.98. The molecule has 1 unspecified atom stereocenters. The minimum Gasteiger partial charge on any atom is -0.465 e. The van der Waals surface area contributed by atoms with Gasteiger partial charge >= 0.3 is 6.09 Å². The van der Waals surface area contributed by atoms with Gasteiger partial charge in [0.05, 0.1) is 0 Å². The summed E-state index contributed by atoms with van der Waals surface area (Å²) in [6, 6.07) is 15.9. The molecule has 2 aromatic carbocycles. The second kappa shape index (κ2) is 5.54. The third-order valence-electron chi connectivity index (χ3n) is 2.84. The van der Waals surface area contributed by atoms with Crippen LogP contribution < -0.4 is 5.32 Å². The Balaban J connectivity index is 2.48. The number of hydrogen-bond donors (Lipinski definition) is 3. The zero-order chi connectivity index (χ0) is 14.6. The van der Waals surface area contributed by atoms with E-state index in [1.807, 2.05) is 5.32 Å². The van der Waals surface area contributed by atoms with Crippen LogP contribution in [0.1, 0.15) is 15.9 Å². The van der Waals surface area contributed by atoms with Crippen LogP contribution in [0.15, 0.2) is 60.7 Å². The van der Waals surface area contributed by atoms with Gasteiger partial charge in [0, 0.05) is 11.1 Å².